The Morgan fingerprint density at radius 1 is 1.18 bits per heavy atom. The number of ether oxygens (including phenoxy) is 1. The Labute approximate surface area is 135 Å². The molecule has 4 heteroatoms. The van der Waals surface area contributed by atoms with Crippen molar-refractivity contribution in [2.45, 2.75) is 25.3 Å². The number of benzene rings is 2. The van der Waals surface area contributed by atoms with Crippen molar-refractivity contribution in [2.24, 2.45) is 0 Å². The lowest BCUT2D eigenvalue weighted by Crippen LogP contribution is -2.29. The fraction of sp³-hybridized carbons (Fsp3) is 0.278. The largest absolute Gasteiger partial charge is 0.457 e. The van der Waals surface area contributed by atoms with Gasteiger partial charge in [-0.15, -0.1) is 0 Å². The van der Waals surface area contributed by atoms with Crippen LogP contribution in [0.2, 0.25) is 5.02 Å². The van der Waals surface area contributed by atoms with Crippen molar-refractivity contribution in [3.63, 3.8) is 0 Å². The highest BCUT2D eigenvalue weighted by Crippen LogP contribution is 2.30. The van der Waals surface area contributed by atoms with Crippen LogP contribution in [0.25, 0.3) is 0 Å². The Kier molecular flexibility index (Phi) is 4.64. The maximum absolute atomic E-state index is 10.8. The van der Waals surface area contributed by atoms with E-state index < -0.39 is 0 Å². The van der Waals surface area contributed by atoms with Crippen LogP contribution < -0.4 is 9.64 Å². The van der Waals surface area contributed by atoms with Gasteiger partial charge in [0.1, 0.15) is 17.8 Å². The first-order chi connectivity index (χ1) is 10.8. The van der Waals surface area contributed by atoms with Crippen molar-refractivity contribution in [1.82, 2.24) is 0 Å². The number of rotatable bonds is 5. The number of carbonyl (C=O) groups is 1. The number of hydrogen-bond donors (Lipinski definition) is 0. The summed E-state index contributed by atoms with van der Waals surface area (Å²) < 4.78 is 5.79. The van der Waals surface area contributed by atoms with Gasteiger partial charge in [0.2, 0.25) is 0 Å². The highest BCUT2D eigenvalue weighted by atomic mass is 35.5. The molecule has 1 aliphatic heterocycles. The lowest BCUT2D eigenvalue weighted by Gasteiger charge is -2.25. The van der Waals surface area contributed by atoms with Crippen molar-refractivity contribution in [3.8, 4) is 11.5 Å². The molecule has 1 fully saturated rings. The molecule has 1 aliphatic rings. The lowest BCUT2D eigenvalue weighted by atomic mass is 10.1. The van der Waals surface area contributed by atoms with Crippen molar-refractivity contribution in [2.75, 3.05) is 11.4 Å². The summed E-state index contributed by atoms with van der Waals surface area (Å²) >= 11 is 5.95. The Bertz CT molecular complexity index is 642. The molecular formula is C18H18ClNO2. The van der Waals surface area contributed by atoms with Gasteiger partial charge in [0.05, 0.1) is 0 Å². The van der Waals surface area contributed by atoms with E-state index in [2.05, 4.69) is 4.90 Å². The third-order valence-electron chi connectivity index (χ3n) is 3.95. The lowest BCUT2D eigenvalue weighted by molar-refractivity contribution is -0.108. The van der Waals surface area contributed by atoms with Crippen LogP contribution in [-0.2, 0) is 4.79 Å². The molecule has 0 saturated carbocycles. The fourth-order valence-corrected chi connectivity index (χ4v) is 3.08. The quantitative estimate of drug-likeness (QED) is 0.750. The van der Waals surface area contributed by atoms with Crippen molar-refractivity contribution in [3.05, 3.63) is 53.6 Å². The van der Waals surface area contributed by atoms with Crippen molar-refractivity contribution < 1.29 is 9.53 Å². The summed E-state index contributed by atoms with van der Waals surface area (Å²) in [6.07, 6.45) is 3.83. The monoisotopic (exact) mass is 315 g/mol. The molecule has 2 aromatic rings. The van der Waals surface area contributed by atoms with Gasteiger partial charge < -0.3 is 14.4 Å². The molecule has 22 heavy (non-hydrogen) atoms. The van der Waals surface area contributed by atoms with Crippen LogP contribution in [0.1, 0.15) is 19.3 Å². The first-order valence-electron chi connectivity index (χ1n) is 7.50. The van der Waals surface area contributed by atoms with Gasteiger partial charge in [-0.2, -0.15) is 0 Å². The van der Waals surface area contributed by atoms with Crippen LogP contribution in [0.4, 0.5) is 5.69 Å². The molecule has 0 amide bonds. The topological polar surface area (TPSA) is 29.5 Å². The third-order valence-corrected chi connectivity index (χ3v) is 4.18. The van der Waals surface area contributed by atoms with Crippen LogP contribution in [-0.4, -0.2) is 18.9 Å². The minimum Gasteiger partial charge on any atom is -0.457 e. The summed E-state index contributed by atoms with van der Waals surface area (Å²) in [5.41, 5.74) is 1.14. The maximum Gasteiger partial charge on any atom is 0.128 e. The van der Waals surface area contributed by atoms with Gasteiger partial charge in [-0.3, -0.25) is 0 Å². The molecule has 1 saturated heterocycles. The van der Waals surface area contributed by atoms with E-state index in [1.165, 1.54) is 0 Å². The smallest absolute Gasteiger partial charge is 0.128 e. The molecular weight excluding hydrogens is 298 g/mol. The molecule has 3 nitrogen and oxygen atoms in total. The molecule has 1 atom stereocenters. The van der Waals surface area contributed by atoms with Crippen molar-refractivity contribution in [1.29, 1.82) is 0 Å². The molecule has 1 unspecified atom stereocenters. The van der Waals surface area contributed by atoms with E-state index in [-0.39, 0.29) is 0 Å². The van der Waals surface area contributed by atoms with Gasteiger partial charge in [0.25, 0.3) is 0 Å². The Morgan fingerprint density at radius 2 is 2.00 bits per heavy atom. The van der Waals surface area contributed by atoms with Crippen LogP contribution in [0.3, 0.4) is 0 Å². The normalized spacial score (nSPS) is 17.5. The summed E-state index contributed by atoms with van der Waals surface area (Å²) in [7, 11) is 0. The van der Waals surface area contributed by atoms with Gasteiger partial charge in [0.15, 0.2) is 0 Å². The molecule has 0 aliphatic carbocycles. The number of aldehydes is 1. The van der Waals surface area contributed by atoms with E-state index in [9.17, 15) is 4.79 Å². The van der Waals surface area contributed by atoms with E-state index in [0.717, 1.165) is 42.9 Å². The standard InChI is InChI=1S/C18H18ClNO2/c19-14-3-1-5-18(13-14)22-17-8-6-16(7-9-17)20-11-2-4-15(20)10-12-21/h1,3,5-9,12-13,15H,2,4,10-11H2. The highest BCUT2D eigenvalue weighted by molar-refractivity contribution is 6.30. The SMILES string of the molecule is O=CCC1CCCN1c1ccc(Oc2cccc(Cl)c2)cc1. The number of hydrogen-bond acceptors (Lipinski definition) is 3. The third kappa shape index (κ3) is 3.42. The molecule has 114 valence electrons. The van der Waals surface area contributed by atoms with E-state index >= 15 is 0 Å². The molecule has 0 spiro atoms. The fourth-order valence-electron chi connectivity index (χ4n) is 2.90. The van der Waals surface area contributed by atoms with Gasteiger partial charge >= 0.3 is 0 Å². The molecule has 0 radical (unpaired) electrons. The Hall–Kier alpha value is -2.00. The zero-order valence-corrected chi connectivity index (χ0v) is 13.0. The van der Waals surface area contributed by atoms with Crippen LogP contribution in [0.5, 0.6) is 11.5 Å². The van der Waals surface area contributed by atoms with Crippen LogP contribution >= 0.6 is 11.6 Å². The highest BCUT2D eigenvalue weighted by Gasteiger charge is 2.24. The van der Waals surface area contributed by atoms with Gasteiger partial charge in [-0.1, -0.05) is 17.7 Å². The van der Waals surface area contributed by atoms with Crippen molar-refractivity contribution >= 4 is 23.6 Å². The molecule has 0 aromatic heterocycles. The summed E-state index contributed by atoms with van der Waals surface area (Å²) in [5, 5.41) is 0.655. The second kappa shape index (κ2) is 6.84. The van der Waals surface area contributed by atoms with Crippen LogP contribution in [0.15, 0.2) is 48.5 Å². The Balaban J connectivity index is 1.71. The first kappa shape index (κ1) is 14.9. The second-order valence-corrected chi connectivity index (χ2v) is 5.88. The predicted octanol–water partition coefficient (Wildman–Crippen LogP) is 4.69. The summed E-state index contributed by atoms with van der Waals surface area (Å²) in [6, 6.07) is 15.7. The van der Waals surface area contributed by atoms with Crippen LogP contribution in [0, 0.1) is 0 Å². The molecule has 0 N–H and O–H groups in total. The van der Waals surface area contributed by atoms with E-state index in [1.807, 2.05) is 42.5 Å². The summed E-state index contributed by atoms with van der Waals surface area (Å²) in [4.78, 5) is 13.1. The van der Waals surface area contributed by atoms with Gasteiger partial charge in [0, 0.05) is 29.7 Å². The molecule has 3 rings (SSSR count). The maximum atomic E-state index is 10.8. The van der Waals surface area contributed by atoms with E-state index in [0.29, 0.717) is 17.5 Å². The minimum atomic E-state index is 0.331. The first-order valence-corrected chi connectivity index (χ1v) is 7.88. The minimum absolute atomic E-state index is 0.331. The average Bonchev–Trinajstić information content (AvgIpc) is 2.97. The zero-order valence-electron chi connectivity index (χ0n) is 12.2. The predicted molar refractivity (Wildman–Crippen MR) is 89.0 cm³/mol. The van der Waals surface area contributed by atoms with E-state index in [1.54, 1.807) is 6.07 Å². The average molecular weight is 316 g/mol. The number of carbonyl (C=O) groups excluding carboxylic acids is 1. The number of anilines is 1. The second-order valence-electron chi connectivity index (χ2n) is 5.45. The van der Waals surface area contributed by atoms with Gasteiger partial charge in [-0.25, -0.2) is 0 Å². The number of halogens is 1. The Morgan fingerprint density at radius 3 is 2.73 bits per heavy atom. The molecule has 1 heterocycles. The van der Waals surface area contributed by atoms with E-state index in [4.69, 9.17) is 16.3 Å². The molecule has 2 aromatic carbocycles. The molecule has 0 bridgehead atoms. The zero-order chi connectivity index (χ0) is 15.4. The summed E-state index contributed by atoms with van der Waals surface area (Å²) in [6.45, 7) is 1.01. The number of nitrogens with zero attached hydrogens (tertiary/aromatic N) is 1. The van der Waals surface area contributed by atoms with Gasteiger partial charge in [-0.05, 0) is 55.3 Å². The summed E-state index contributed by atoms with van der Waals surface area (Å²) in [5.74, 6) is 1.50.